The molecule has 2 aliphatic rings. The molecule has 0 N–H and O–H groups in total. The van der Waals surface area contributed by atoms with Crippen molar-refractivity contribution in [2.24, 2.45) is 0 Å². The number of nitrogens with zero attached hydrogens (tertiary/aromatic N) is 5. The number of anilines is 6. The van der Waals surface area contributed by atoms with Gasteiger partial charge < -0.3 is 9.80 Å². The predicted molar refractivity (Wildman–Crippen MR) is 230 cm³/mol. The molecule has 0 radical (unpaired) electrons. The van der Waals surface area contributed by atoms with Crippen molar-refractivity contribution in [1.29, 1.82) is 0 Å². The summed E-state index contributed by atoms with van der Waals surface area (Å²) in [5, 5.41) is 0. The number of hydrogen-bond acceptors (Lipinski definition) is 5. The second-order valence-corrected chi connectivity index (χ2v) is 15.8. The van der Waals surface area contributed by atoms with E-state index >= 15 is 0 Å². The lowest BCUT2D eigenvalue weighted by molar-refractivity contribution is 0.615. The van der Waals surface area contributed by atoms with Crippen LogP contribution >= 0.6 is 0 Å². The number of para-hydroxylation sites is 3. The standard InChI is InChI=1S/C51H41N5/c1-50(2)39-27-17-18-28-43(39)55(37-23-13-7-14-24-37)45-33-42-46(32-41(45)50)56(38-25-15-8-16-26-38)44-30-29-36(31-40(44)51(42,3)4)49-53-47(34-19-9-5-10-20-34)52-48(54-49)35-21-11-6-12-22-35/h5-33H,1-4H3. The lowest BCUT2D eigenvalue weighted by Gasteiger charge is -2.47. The molecule has 2 aliphatic heterocycles. The van der Waals surface area contributed by atoms with Gasteiger partial charge in [-0.25, -0.2) is 15.0 Å². The van der Waals surface area contributed by atoms with Crippen LogP contribution in [-0.4, -0.2) is 15.0 Å². The molecule has 0 atom stereocenters. The van der Waals surface area contributed by atoms with E-state index in [2.05, 4.69) is 177 Å². The molecule has 1 aromatic heterocycles. The zero-order valence-electron chi connectivity index (χ0n) is 32.0. The molecule has 5 heteroatoms. The average molecular weight is 724 g/mol. The van der Waals surface area contributed by atoms with Gasteiger partial charge in [0, 0.05) is 38.9 Å². The van der Waals surface area contributed by atoms with Gasteiger partial charge in [0.25, 0.3) is 0 Å². The third-order valence-corrected chi connectivity index (χ3v) is 11.7. The van der Waals surface area contributed by atoms with Crippen molar-refractivity contribution in [3.8, 4) is 34.2 Å². The van der Waals surface area contributed by atoms with E-state index in [9.17, 15) is 0 Å². The Balaban J connectivity index is 1.20. The molecular weight excluding hydrogens is 683 g/mol. The number of hydrogen-bond donors (Lipinski definition) is 0. The van der Waals surface area contributed by atoms with Crippen LogP contribution in [0.1, 0.15) is 49.9 Å². The lowest BCUT2D eigenvalue weighted by Crippen LogP contribution is -2.35. The Hall–Kier alpha value is -6.85. The largest absolute Gasteiger partial charge is 0.310 e. The van der Waals surface area contributed by atoms with E-state index in [0.717, 1.165) is 33.8 Å². The van der Waals surface area contributed by atoms with Crippen molar-refractivity contribution in [2.75, 3.05) is 9.80 Å². The SMILES string of the molecule is CC1(C)c2ccccc2N(c2ccccc2)c2cc3c(cc21)N(c1ccccc1)c1ccc(-c2nc(-c4ccccc4)nc(-c4ccccc4)n2)cc1C3(C)C. The van der Waals surface area contributed by atoms with E-state index in [1.165, 1.54) is 39.3 Å². The Morgan fingerprint density at radius 1 is 0.321 bits per heavy atom. The molecule has 56 heavy (non-hydrogen) atoms. The summed E-state index contributed by atoms with van der Waals surface area (Å²) in [5.74, 6) is 1.95. The third kappa shape index (κ3) is 5.34. The fourth-order valence-electron chi connectivity index (χ4n) is 8.71. The van der Waals surface area contributed by atoms with Gasteiger partial charge in [0.2, 0.25) is 0 Å². The second kappa shape index (κ2) is 12.9. The summed E-state index contributed by atoms with van der Waals surface area (Å²) >= 11 is 0. The zero-order valence-corrected chi connectivity index (χ0v) is 32.0. The maximum Gasteiger partial charge on any atom is 0.164 e. The van der Waals surface area contributed by atoms with E-state index < -0.39 is 0 Å². The van der Waals surface area contributed by atoms with Gasteiger partial charge in [-0.1, -0.05) is 143 Å². The van der Waals surface area contributed by atoms with Crippen LogP contribution in [0.15, 0.2) is 176 Å². The maximum absolute atomic E-state index is 5.11. The Labute approximate surface area is 328 Å². The molecule has 0 saturated heterocycles. The van der Waals surface area contributed by atoms with E-state index in [-0.39, 0.29) is 10.8 Å². The van der Waals surface area contributed by atoms with Crippen LogP contribution in [0.2, 0.25) is 0 Å². The first-order valence-electron chi connectivity index (χ1n) is 19.3. The van der Waals surface area contributed by atoms with E-state index in [1.807, 2.05) is 36.4 Å². The first-order chi connectivity index (χ1) is 27.3. The van der Waals surface area contributed by atoms with Crippen LogP contribution in [0.3, 0.4) is 0 Å². The highest BCUT2D eigenvalue weighted by atomic mass is 15.2. The predicted octanol–water partition coefficient (Wildman–Crippen LogP) is 13.1. The minimum atomic E-state index is -0.387. The Kier molecular flexibility index (Phi) is 7.75. The Bertz CT molecular complexity index is 2690. The molecule has 7 aromatic carbocycles. The van der Waals surface area contributed by atoms with Crippen molar-refractivity contribution in [1.82, 2.24) is 15.0 Å². The van der Waals surface area contributed by atoms with Crippen LogP contribution < -0.4 is 9.80 Å². The van der Waals surface area contributed by atoms with Crippen molar-refractivity contribution in [3.05, 3.63) is 198 Å². The van der Waals surface area contributed by atoms with Crippen molar-refractivity contribution < 1.29 is 0 Å². The molecule has 0 saturated carbocycles. The monoisotopic (exact) mass is 723 g/mol. The van der Waals surface area contributed by atoms with E-state index in [1.54, 1.807) is 0 Å². The highest BCUT2D eigenvalue weighted by Crippen LogP contribution is 2.59. The quantitative estimate of drug-likeness (QED) is 0.177. The minimum absolute atomic E-state index is 0.242. The first kappa shape index (κ1) is 33.7. The van der Waals surface area contributed by atoms with E-state index in [4.69, 9.17) is 15.0 Å². The minimum Gasteiger partial charge on any atom is -0.310 e. The number of aromatic nitrogens is 3. The van der Waals surface area contributed by atoms with Gasteiger partial charge in [0.15, 0.2) is 17.5 Å². The Morgan fingerprint density at radius 3 is 1.20 bits per heavy atom. The van der Waals surface area contributed by atoms with Crippen molar-refractivity contribution in [3.63, 3.8) is 0 Å². The highest BCUT2D eigenvalue weighted by Gasteiger charge is 2.43. The topological polar surface area (TPSA) is 45.2 Å². The van der Waals surface area contributed by atoms with Crippen molar-refractivity contribution in [2.45, 2.75) is 38.5 Å². The average Bonchev–Trinajstić information content (AvgIpc) is 3.25. The summed E-state index contributed by atoms with van der Waals surface area (Å²) in [6.07, 6.45) is 0. The molecule has 5 nitrogen and oxygen atoms in total. The summed E-state index contributed by atoms with van der Waals surface area (Å²) in [6, 6.07) is 62.4. The molecule has 0 spiro atoms. The summed E-state index contributed by atoms with van der Waals surface area (Å²) in [7, 11) is 0. The molecule has 0 fully saturated rings. The van der Waals surface area contributed by atoms with Crippen molar-refractivity contribution >= 4 is 34.1 Å². The van der Waals surface area contributed by atoms with Gasteiger partial charge in [0.05, 0.1) is 22.7 Å². The number of benzene rings is 7. The van der Waals surface area contributed by atoms with Gasteiger partial charge in [-0.05, 0) is 82.9 Å². The fraction of sp³-hybridized carbons (Fsp3) is 0.118. The third-order valence-electron chi connectivity index (χ3n) is 11.7. The van der Waals surface area contributed by atoms with Gasteiger partial charge in [-0.3, -0.25) is 0 Å². The maximum atomic E-state index is 5.11. The summed E-state index contributed by atoms with van der Waals surface area (Å²) in [6.45, 7) is 9.44. The van der Waals surface area contributed by atoms with Crippen LogP contribution in [0.4, 0.5) is 34.1 Å². The molecule has 0 aliphatic carbocycles. The number of fused-ring (bicyclic) bond motifs is 4. The fourth-order valence-corrected chi connectivity index (χ4v) is 8.71. The highest BCUT2D eigenvalue weighted by molar-refractivity contribution is 5.93. The normalized spacial score (nSPS) is 14.6. The summed E-state index contributed by atoms with van der Waals surface area (Å²) in [5.41, 5.74) is 14.3. The summed E-state index contributed by atoms with van der Waals surface area (Å²) in [4.78, 5) is 20.1. The molecule has 0 unspecified atom stereocenters. The molecule has 3 heterocycles. The van der Waals surface area contributed by atoms with Crippen LogP contribution in [-0.2, 0) is 10.8 Å². The zero-order chi connectivity index (χ0) is 38.0. The molecule has 270 valence electrons. The van der Waals surface area contributed by atoms with Gasteiger partial charge in [0.1, 0.15) is 0 Å². The van der Waals surface area contributed by atoms with Gasteiger partial charge in [-0.15, -0.1) is 0 Å². The van der Waals surface area contributed by atoms with Gasteiger partial charge in [-0.2, -0.15) is 0 Å². The number of rotatable bonds is 5. The second-order valence-electron chi connectivity index (χ2n) is 15.8. The van der Waals surface area contributed by atoms with Gasteiger partial charge >= 0.3 is 0 Å². The molecule has 0 bridgehead atoms. The lowest BCUT2D eigenvalue weighted by atomic mass is 9.68. The van der Waals surface area contributed by atoms with E-state index in [0.29, 0.717) is 17.5 Å². The molecule has 0 amide bonds. The first-order valence-corrected chi connectivity index (χ1v) is 19.3. The van der Waals surface area contributed by atoms with Crippen LogP contribution in [0.5, 0.6) is 0 Å². The Morgan fingerprint density at radius 2 is 0.696 bits per heavy atom. The summed E-state index contributed by atoms with van der Waals surface area (Å²) < 4.78 is 0. The van der Waals surface area contributed by atoms with Crippen LogP contribution in [0.25, 0.3) is 34.2 Å². The smallest absolute Gasteiger partial charge is 0.164 e. The molecule has 10 rings (SSSR count). The molecule has 8 aromatic rings. The van der Waals surface area contributed by atoms with Crippen LogP contribution in [0, 0.1) is 0 Å². The molecular formula is C51H41N5.